The van der Waals surface area contributed by atoms with E-state index in [-0.39, 0.29) is 11.5 Å². The summed E-state index contributed by atoms with van der Waals surface area (Å²) in [6.45, 7) is 0.257. The van der Waals surface area contributed by atoms with Gasteiger partial charge in [-0.3, -0.25) is 4.68 Å². The van der Waals surface area contributed by atoms with E-state index >= 15 is 0 Å². The smallest absolute Gasteiger partial charge is 0.238 e. The van der Waals surface area contributed by atoms with Crippen molar-refractivity contribution in [3.8, 4) is 22.6 Å². The molecule has 0 fully saturated rings. The minimum Gasteiger partial charge on any atom is -0.486 e. The Bertz CT molecular complexity index is 1280. The molecular formula is C19H17ClN6O3S. The van der Waals surface area contributed by atoms with E-state index in [0.717, 1.165) is 22.5 Å². The lowest BCUT2D eigenvalue weighted by atomic mass is 10.1. The van der Waals surface area contributed by atoms with Crippen molar-refractivity contribution in [1.82, 2.24) is 24.5 Å². The second-order valence-corrected chi connectivity index (χ2v) is 8.40. The zero-order valence-electron chi connectivity index (χ0n) is 15.8. The van der Waals surface area contributed by atoms with E-state index in [9.17, 15) is 8.42 Å². The third-order valence-corrected chi connectivity index (χ3v) is 5.61. The summed E-state index contributed by atoms with van der Waals surface area (Å²) >= 11 is 5.80. The van der Waals surface area contributed by atoms with Gasteiger partial charge in [-0.1, -0.05) is 23.7 Å². The largest absolute Gasteiger partial charge is 0.486 e. The molecule has 9 nitrogen and oxygen atoms in total. The topological polar surface area (TPSA) is 118 Å². The molecule has 0 amide bonds. The first kappa shape index (κ1) is 20.1. The van der Waals surface area contributed by atoms with Crippen LogP contribution in [0.4, 0.5) is 0 Å². The fourth-order valence-corrected chi connectivity index (χ4v) is 3.48. The highest BCUT2D eigenvalue weighted by atomic mass is 35.5. The molecule has 4 aromatic rings. The maximum absolute atomic E-state index is 11.4. The molecule has 0 radical (unpaired) electrons. The van der Waals surface area contributed by atoms with Crippen LogP contribution in [0, 0.1) is 0 Å². The van der Waals surface area contributed by atoms with Crippen molar-refractivity contribution in [3.63, 3.8) is 0 Å². The second kappa shape index (κ2) is 7.90. The molecule has 0 atom stereocenters. The molecule has 0 unspecified atom stereocenters. The molecule has 0 spiro atoms. The van der Waals surface area contributed by atoms with Crippen LogP contribution in [0.3, 0.4) is 0 Å². The lowest BCUT2D eigenvalue weighted by molar-refractivity contribution is 0.293. The summed E-state index contributed by atoms with van der Waals surface area (Å²) in [5.41, 5.74) is 3.19. The minimum absolute atomic E-state index is 0.0574. The first-order valence-electron chi connectivity index (χ1n) is 8.75. The minimum atomic E-state index is -3.73. The zero-order chi connectivity index (χ0) is 21.3. The molecule has 0 bridgehead atoms. The molecule has 2 N–H and O–H groups in total. The lowest BCUT2D eigenvalue weighted by Gasteiger charge is -2.08. The van der Waals surface area contributed by atoms with Crippen LogP contribution in [-0.4, -0.2) is 33.0 Å². The molecule has 154 valence electrons. The predicted molar refractivity (Wildman–Crippen MR) is 111 cm³/mol. The average Bonchev–Trinajstić information content (AvgIpc) is 3.34. The fourth-order valence-electron chi connectivity index (χ4n) is 2.85. The van der Waals surface area contributed by atoms with E-state index in [0.29, 0.717) is 10.9 Å². The van der Waals surface area contributed by atoms with E-state index in [1.54, 1.807) is 52.2 Å². The van der Waals surface area contributed by atoms with Gasteiger partial charge in [0.25, 0.3) is 0 Å². The highest BCUT2D eigenvalue weighted by molar-refractivity contribution is 7.89. The van der Waals surface area contributed by atoms with Crippen LogP contribution in [0.25, 0.3) is 16.8 Å². The second-order valence-electron chi connectivity index (χ2n) is 6.45. The number of aryl methyl sites for hydroxylation is 1. The van der Waals surface area contributed by atoms with Gasteiger partial charge in [-0.2, -0.15) is 10.2 Å². The first-order chi connectivity index (χ1) is 14.3. The number of primary sulfonamides is 1. The Morgan fingerprint density at radius 1 is 1.03 bits per heavy atom. The van der Waals surface area contributed by atoms with Crippen molar-refractivity contribution in [2.75, 3.05) is 0 Å². The summed E-state index contributed by atoms with van der Waals surface area (Å²) in [6, 6.07) is 9.69. The van der Waals surface area contributed by atoms with Crippen molar-refractivity contribution >= 4 is 21.6 Å². The monoisotopic (exact) mass is 444 g/mol. The number of pyridine rings is 1. The number of hydrogen-bond acceptors (Lipinski definition) is 6. The Balaban J connectivity index is 1.57. The summed E-state index contributed by atoms with van der Waals surface area (Å²) in [6.07, 6.45) is 6.76. The van der Waals surface area contributed by atoms with Crippen LogP contribution in [0.15, 0.2) is 66.1 Å². The van der Waals surface area contributed by atoms with Crippen molar-refractivity contribution in [1.29, 1.82) is 0 Å². The average molecular weight is 445 g/mol. The predicted octanol–water partition coefficient (Wildman–Crippen LogP) is 2.55. The van der Waals surface area contributed by atoms with Crippen LogP contribution in [0.2, 0.25) is 5.15 Å². The summed E-state index contributed by atoms with van der Waals surface area (Å²) in [4.78, 5) is 4.05. The number of ether oxygens (including phenoxy) is 1. The van der Waals surface area contributed by atoms with Crippen LogP contribution >= 0.6 is 11.6 Å². The van der Waals surface area contributed by atoms with Gasteiger partial charge < -0.3 is 4.74 Å². The maximum Gasteiger partial charge on any atom is 0.238 e. The summed E-state index contributed by atoms with van der Waals surface area (Å²) in [7, 11) is -1.91. The number of nitrogens with zero attached hydrogens (tertiary/aromatic N) is 5. The number of aromatic nitrogens is 5. The summed E-state index contributed by atoms with van der Waals surface area (Å²) in [5.74, 6) is 0.586. The Morgan fingerprint density at radius 3 is 2.47 bits per heavy atom. The van der Waals surface area contributed by atoms with E-state index in [1.165, 1.54) is 12.1 Å². The van der Waals surface area contributed by atoms with Crippen LogP contribution in [-0.2, 0) is 23.7 Å². The third-order valence-electron chi connectivity index (χ3n) is 4.46. The molecule has 30 heavy (non-hydrogen) atoms. The van der Waals surface area contributed by atoms with Gasteiger partial charge in [0.15, 0.2) is 0 Å². The number of halogens is 1. The highest BCUT2D eigenvalue weighted by Crippen LogP contribution is 2.23. The zero-order valence-corrected chi connectivity index (χ0v) is 17.4. The number of nitrogens with two attached hydrogens (primary N) is 1. The molecule has 3 heterocycles. The van der Waals surface area contributed by atoms with Gasteiger partial charge in [0.2, 0.25) is 10.0 Å². The molecule has 0 saturated carbocycles. The first-order valence-corrected chi connectivity index (χ1v) is 10.7. The van der Waals surface area contributed by atoms with Gasteiger partial charge in [-0.15, -0.1) is 0 Å². The van der Waals surface area contributed by atoms with Crippen LogP contribution in [0.1, 0.15) is 5.69 Å². The van der Waals surface area contributed by atoms with Gasteiger partial charge in [-0.05, 0) is 29.8 Å². The van der Waals surface area contributed by atoms with Crippen LogP contribution < -0.4 is 9.88 Å². The van der Waals surface area contributed by atoms with E-state index in [4.69, 9.17) is 21.5 Å². The normalized spacial score (nSPS) is 11.6. The number of sulfonamides is 1. The van der Waals surface area contributed by atoms with E-state index < -0.39 is 10.0 Å². The summed E-state index contributed by atoms with van der Waals surface area (Å²) in [5, 5.41) is 14.2. The Kier molecular flexibility index (Phi) is 5.29. The van der Waals surface area contributed by atoms with Crippen molar-refractivity contribution in [2.45, 2.75) is 11.5 Å². The van der Waals surface area contributed by atoms with Gasteiger partial charge in [0, 0.05) is 18.8 Å². The molecular weight excluding hydrogens is 428 g/mol. The SMILES string of the molecule is Cn1ncc(-n2cc(-c3ccc(S(N)(=O)=O)cc3)cn2)c1COc1ccc(Cl)nc1. The molecule has 11 heteroatoms. The Labute approximate surface area is 177 Å². The molecule has 4 rings (SSSR count). The van der Waals surface area contributed by atoms with Crippen LogP contribution in [0.5, 0.6) is 5.75 Å². The van der Waals surface area contributed by atoms with Gasteiger partial charge in [0.05, 0.1) is 23.5 Å². The van der Waals surface area contributed by atoms with E-state index in [1.807, 2.05) is 13.2 Å². The van der Waals surface area contributed by atoms with Gasteiger partial charge in [-0.25, -0.2) is 23.2 Å². The molecule has 0 aliphatic rings. The van der Waals surface area contributed by atoms with Crippen molar-refractivity contribution in [2.24, 2.45) is 12.2 Å². The summed E-state index contributed by atoms with van der Waals surface area (Å²) < 4.78 is 32.0. The number of rotatable bonds is 6. The van der Waals surface area contributed by atoms with Crippen molar-refractivity contribution < 1.29 is 13.2 Å². The number of benzene rings is 1. The number of hydrogen-bond donors (Lipinski definition) is 1. The quantitative estimate of drug-likeness (QED) is 0.456. The molecule has 0 aliphatic carbocycles. The molecule has 0 aliphatic heterocycles. The maximum atomic E-state index is 11.4. The highest BCUT2D eigenvalue weighted by Gasteiger charge is 2.14. The third kappa shape index (κ3) is 4.20. The molecule has 1 aromatic carbocycles. The molecule has 0 saturated heterocycles. The van der Waals surface area contributed by atoms with Gasteiger partial charge >= 0.3 is 0 Å². The van der Waals surface area contributed by atoms with E-state index in [2.05, 4.69) is 15.2 Å². The Morgan fingerprint density at radius 2 is 1.80 bits per heavy atom. The lowest BCUT2D eigenvalue weighted by Crippen LogP contribution is -2.11. The van der Waals surface area contributed by atoms with Gasteiger partial charge in [0.1, 0.15) is 28.9 Å². The fraction of sp³-hybridized carbons (Fsp3) is 0.105. The molecule has 3 aromatic heterocycles. The Hall–Kier alpha value is -3.21. The standard InChI is InChI=1S/C19H17ClN6O3S/c1-25-18(12-29-15-4-7-19(20)22-9-15)17(10-23-25)26-11-14(8-24-26)13-2-5-16(6-3-13)30(21,27)28/h2-11H,12H2,1H3,(H2,21,27,28). The van der Waals surface area contributed by atoms with Crippen molar-refractivity contribution in [3.05, 3.63) is 72.0 Å².